The molecule has 1 aliphatic rings. The SMILES string of the molecule is COc1cc2c(N3CCN(C(=O)Nc4ccc([N+](=O)[O-])cc4)CC3)ncnc2cc1O. The van der Waals surface area contributed by atoms with Gasteiger partial charge in [-0.1, -0.05) is 0 Å². The van der Waals surface area contributed by atoms with Crippen LogP contribution in [0.1, 0.15) is 0 Å². The Bertz CT molecular complexity index is 1130. The Hall–Kier alpha value is -4.15. The zero-order valence-electron chi connectivity index (χ0n) is 16.7. The predicted octanol–water partition coefficient (Wildman–Crippen LogP) is 2.61. The fourth-order valence-electron chi connectivity index (χ4n) is 3.46. The Morgan fingerprint density at radius 2 is 1.87 bits per heavy atom. The number of methoxy groups -OCH3 is 1. The molecule has 160 valence electrons. The van der Waals surface area contributed by atoms with Crippen LogP contribution < -0.4 is 15.0 Å². The first-order valence-electron chi connectivity index (χ1n) is 9.53. The van der Waals surface area contributed by atoms with Gasteiger partial charge in [-0.05, 0) is 18.2 Å². The standard InChI is InChI=1S/C20H20N6O5/c1-31-18-10-15-16(11-17(18)27)21-12-22-19(15)24-6-8-25(9-7-24)20(28)23-13-2-4-14(5-3-13)26(29)30/h2-5,10-12,27H,6-9H2,1H3,(H,23,28). The van der Waals surface area contributed by atoms with Crippen molar-refractivity contribution in [1.29, 1.82) is 0 Å². The number of phenols is 1. The second-order valence-corrected chi connectivity index (χ2v) is 6.95. The fourth-order valence-corrected chi connectivity index (χ4v) is 3.46. The average Bonchev–Trinajstić information content (AvgIpc) is 2.78. The highest BCUT2D eigenvalue weighted by molar-refractivity contribution is 5.92. The molecule has 1 fully saturated rings. The molecule has 11 nitrogen and oxygen atoms in total. The fraction of sp³-hybridized carbons (Fsp3) is 0.250. The van der Waals surface area contributed by atoms with Gasteiger partial charge < -0.3 is 25.0 Å². The second-order valence-electron chi connectivity index (χ2n) is 6.95. The smallest absolute Gasteiger partial charge is 0.321 e. The summed E-state index contributed by atoms with van der Waals surface area (Å²) in [5, 5.41) is 24.2. The number of nitrogens with one attached hydrogen (secondary N) is 1. The molecule has 0 radical (unpaired) electrons. The average molecular weight is 424 g/mol. The van der Waals surface area contributed by atoms with Crippen molar-refractivity contribution >= 4 is 34.1 Å². The molecular formula is C20H20N6O5. The highest BCUT2D eigenvalue weighted by atomic mass is 16.6. The van der Waals surface area contributed by atoms with E-state index in [4.69, 9.17) is 4.74 Å². The Balaban J connectivity index is 1.44. The van der Waals surface area contributed by atoms with Crippen molar-refractivity contribution in [2.24, 2.45) is 0 Å². The highest BCUT2D eigenvalue weighted by Crippen LogP contribution is 2.34. The van der Waals surface area contributed by atoms with Crippen molar-refractivity contribution < 1.29 is 19.6 Å². The van der Waals surface area contributed by atoms with Gasteiger partial charge in [-0.15, -0.1) is 0 Å². The molecule has 0 saturated carbocycles. The highest BCUT2D eigenvalue weighted by Gasteiger charge is 2.24. The summed E-state index contributed by atoms with van der Waals surface area (Å²) < 4.78 is 5.20. The number of aromatic nitrogens is 2. The first-order valence-corrected chi connectivity index (χ1v) is 9.53. The van der Waals surface area contributed by atoms with Crippen molar-refractivity contribution in [2.45, 2.75) is 0 Å². The number of phenolic OH excluding ortho intramolecular Hbond substituents is 1. The van der Waals surface area contributed by atoms with Gasteiger partial charge in [0.15, 0.2) is 11.5 Å². The quantitative estimate of drug-likeness (QED) is 0.482. The van der Waals surface area contributed by atoms with Crippen molar-refractivity contribution in [3.63, 3.8) is 0 Å². The summed E-state index contributed by atoms with van der Waals surface area (Å²) >= 11 is 0. The molecule has 2 N–H and O–H groups in total. The number of ether oxygens (including phenoxy) is 1. The molecule has 0 spiro atoms. The topological polar surface area (TPSA) is 134 Å². The number of benzene rings is 2. The summed E-state index contributed by atoms with van der Waals surface area (Å²) in [6, 6.07) is 8.66. The van der Waals surface area contributed by atoms with E-state index < -0.39 is 4.92 Å². The van der Waals surface area contributed by atoms with Crippen molar-refractivity contribution in [3.8, 4) is 11.5 Å². The maximum Gasteiger partial charge on any atom is 0.321 e. The van der Waals surface area contributed by atoms with Crippen LogP contribution in [-0.2, 0) is 0 Å². The van der Waals surface area contributed by atoms with Crippen LogP contribution in [0.15, 0.2) is 42.7 Å². The van der Waals surface area contributed by atoms with E-state index in [2.05, 4.69) is 20.2 Å². The van der Waals surface area contributed by atoms with Crippen LogP contribution in [0.25, 0.3) is 10.9 Å². The zero-order chi connectivity index (χ0) is 22.0. The number of urea groups is 1. The molecule has 0 aliphatic carbocycles. The Labute approximate surface area is 177 Å². The molecule has 1 aromatic heterocycles. The van der Waals surface area contributed by atoms with Gasteiger partial charge in [-0.3, -0.25) is 10.1 Å². The predicted molar refractivity (Wildman–Crippen MR) is 114 cm³/mol. The number of piperazine rings is 1. The van der Waals surface area contributed by atoms with E-state index in [9.17, 15) is 20.0 Å². The molecule has 2 aromatic carbocycles. The van der Waals surface area contributed by atoms with Gasteiger partial charge in [-0.25, -0.2) is 14.8 Å². The molecule has 2 heterocycles. The number of nitro groups is 1. The van der Waals surface area contributed by atoms with Crippen molar-refractivity contribution in [3.05, 3.63) is 52.8 Å². The molecule has 1 saturated heterocycles. The van der Waals surface area contributed by atoms with Crippen LogP contribution >= 0.6 is 0 Å². The Kier molecular flexibility index (Phi) is 5.39. The van der Waals surface area contributed by atoms with Crippen LogP contribution in [0.4, 0.5) is 22.0 Å². The third-order valence-electron chi connectivity index (χ3n) is 5.11. The molecule has 1 aliphatic heterocycles. The van der Waals surface area contributed by atoms with Crippen LogP contribution in [0, 0.1) is 10.1 Å². The maximum atomic E-state index is 12.6. The lowest BCUT2D eigenvalue weighted by molar-refractivity contribution is -0.384. The molecule has 0 unspecified atom stereocenters. The number of nitro benzene ring substituents is 1. The van der Waals surface area contributed by atoms with Crippen molar-refractivity contribution in [2.75, 3.05) is 43.5 Å². The maximum absolute atomic E-state index is 12.6. The first kappa shape index (κ1) is 20.1. The number of anilines is 2. The van der Waals surface area contributed by atoms with Gasteiger partial charge in [0.1, 0.15) is 12.1 Å². The van der Waals surface area contributed by atoms with Gasteiger partial charge in [-0.2, -0.15) is 0 Å². The van der Waals surface area contributed by atoms with Crippen LogP contribution in [-0.4, -0.2) is 64.2 Å². The van der Waals surface area contributed by atoms with Crippen LogP contribution in [0.5, 0.6) is 11.5 Å². The molecule has 11 heteroatoms. The zero-order valence-corrected chi connectivity index (χ0v) is 16.7. The lowest BCUT2D eigenvalue weighted by atomic mass is 10.2. The third-order valence-corrected chi connectivity index (χ3v) is 5.11. The van der Waals surface area contributed by atoms with Gasteiger partial charge in [0.05, 0.1) is 17.5 Å². The summed E-state index contributed by atoms with van der Waals surface area (Å²) in [4.78, 5) is 35.1. The number of carbonyl (C=O) groups excluding carboxylic acids is 1. The second kappa shape index (κ2) is 8.30. The van der Waals surface area contributed by atoms with Crippen molar-refractivity contribution in [1.82, 2.24) is 14.9 Å². The van der Waals surface area contributed by atoms with Gasteiger partial charge in [0.2, 0.25) is 0 Å². The number of nitrogens with zero attached hydrogens (tertiary/aromatic N) is 5. The van der Waals surface area contributed by atoms with E-state index in [0.717, 1.165) is 5.39 Å². The number of aromatic hydroxyl groups is 1. The summed E-state index contributed by atoms with van der Waals surface area (Å²) in [6.45, 7) is 2.06. The lowest BCUT2D eigenvalue weighted by Crippen LogP contribution is -2.50. The minimum atomic E-state index is -0.487. The Morgan fingerprint density at radius 3 is 2.52 bits per heavy atom. The minimum absolute atomic E-state index is 0.00684. The van der Waals surface area contributed by atoms with E-state index in [-0.39, 0.29) is 17.5 Å². The lowest BCUT2D eigenvalue weighted by Gasteiger charge is -2.35. The summed E-state index contributed by atoms with van der Waals surface area (Å²) in [5.74, 6) is 1.05. The largest absolute Gasteiger partial charge is 0.504 e. The number of rotatable bonds is 4. The van der Waals surface area contributed by atoms with Crippen LogP contribution in [0.3, 0.4) is 0 Å². The van der Waals surface area contributed by atoms with Gasteiger partial charge in [0.25, 0.3) is 5.69 Å². The number of fused-ring (bicyclic) bond motifs is 1. The summed E-state index contributed by atoms with van der Waals surface area (Å²) in [7, 11) is 1.48. The number of non-ortho nitro benzene ring substituents is 1. The molecule has 31 heavy (non-hydrogen) atoms. The van der Waals surface area contributed by atoms with Gasteiger partial charge >= 0.3 is 6.03 Å². The first-order chi connectivity index (χ1) is 15.0. The van der Waals surface area contributed by atoms with Gasteiger partial charge in [0, 0.05) is 55.5 Å². The Morgan fingerprint density at radius 1 is 1.16 bits per heavy atom. The molecule has 0 bridgehead atoms. The minimum Gasteiger partial charge on any atom is -0.504 e. The number of hydrogen-bond donors (Lipinski definition) is 2. The molecular weight excluding hydrogens is 404 g/mol. The third kappa shape index (κ3) is 4.10. The van der Waals surface area contributed by atoms with Crippen LogP contribution in [0.2, 0.25) is 0 Å². The van der Waals surface area contributed by atoms with E-state index in [0.29, 0.717) is 49.0 Å². The van der Waals surface area contributed by atoms with E-state index in [1.54, 1.807) is 11.0 Å². The number of carbonyl (C=O) groups is 1. The van der Waals surface area contributed by atoms with E-state index >= 15 is 0 Å². The number of amides is 2. The number of hydrogen-bond acceptors (Lipinski definition) is 8. The van der Waals surface area contributed by atoms with E-state index in [1.165, 1.54) is 43.8 Å². The van der Waals surface area contributed by atoms with E-state index in [1.807, 2.05) is 0 Å². The molecule has 0 atom stereocenters. The monoisotopic (exact) mass is 424 g/mol. The molecule has 3 aromatic rings. The normalized spacial score (nSPS) is 13.8. The summed E-state index contributed by atoms with van der Waals surface area (Å²) in [5.41, 5.74) is 1.06. The molecule has 2 amide bonds. The molecule has 4 rings (SSSR count). The summed E-state index contributed by atoms with van der Waals surface area (Å²) in [6.07, 6.45) is 1.44.